The van der Waals surface area contributed by atoms with Crippen LogP contribution < -0.4 is 10.9 Å². The molecule has 2 aromatic carbocycles. The minimum absolute atomic E-state index is 0.0387. The number of carbonyl (C=O) groups is 1. The predicted molar refractivity (Wildman–Crippen MR) is 108 cm³/mol. The maximum atomic E-state index is 12.9. The first kappa shape index (κ1) is 19.7. The smallest absolute Gasteiger partial charge is 0.291 e. The summed E-state index contributed by atoms with van der Waals surface area (Å²) in [5, 5.41) is 28.2. The third-order valence-electron chi connectivity index (χ3n) is 4.31. The number of benzene rings is 2. The van der Waals surface area contributed by atoms with Crippen molar-refractivity contribution in [3.63, 3.8) is 0 Å². The molecule has 0 unspecified atom stereocenters. The Kier molecular flexibility index (Phi) is 5.40. The molecule has 3 rings (SSSR count). The fraction of sp³-hybridized carbons (Fsp3) is 0.150. The molecule has 9 heteroatoms. The highest BCUT2D eigenvalue weighted by molar-refractivity contribution is 6.05. The molecule has 29 heavy (non-hydrogen) atoms. The number of Topliss-reactive ketones (excluding diaryl/α,β-unsaturated/α-hetero) is 1. The van der Waals surface area contributed by atoms with Crippen LogP contribution in [0.3, 0.4) is 0 Å². The van der Waals surface area contributed by atoms with Gasteiger partial charge >= 0.3 is 0 Å². The molecule has 0 amide bonds. The Morgan fingerprint density at radius 3 is 2.52 bits per heavy atom. The molecule has 0 spiro atoms. The third kappa shape index (κ3) is 3.84. The number of nitro groups is 1. The minimum atomic E-state index is -0.622. The molecule has 0 aliphatic heterocycles. The Morgan fingerprint density at radius 1 is 1.24 bits per heavy atom. The van der Waals surface area contributed by atoms with Crippen molar-refractivity contribution in [1.82, 2.24) is 9.78 Å². The van der Waals surface area contributed by atoms with Crippen molar-refractivity contribution in [3.8, 4) is 17.0 Å². The van der Waals surface area contributed by atoms with Crippen molar-refractivity contribution in [3.05, 3.63) is 74.6 Å². The molecule has 0 saturated heterocycles. The number of hydrogen-bond donors (Lipinski definition) is 2. The zero-order valence-electron chi connectivity index (χ0n) is 15.7. The molecule has 0 aliphatic rings. The first-order chi connectivity index (χ1) is 13.8. The quantitative estimate of drug-likeness (QED) is 0.283. The molecule has 0 atom stereocenters. The number of aromatic hydroxyl groups is 1. The van der Waals surface area contributed by atoms with Crippen LogP contribution in [0.4, 0.5) is 17.1 Å². The van der Waals surface area contributed by atoms with Gasteiger partial charge in [0.1, 0.15) is 17.1 Å². The third-order valence-corrected chi connectivity index (χ3v) is 4.31. The standard InChI is InChI=1S/C20H18N4O5/c1-3-23-20(27)19(21-15-11-14(24(28)29)9-10-16(15)26)17(12(2)25)18(22-23)13-7-5-4-6-8-13/h4-11,21,26H,3H2,1-2H3. The van der Waals surface area contributed by atoms with Crippen molar-refractivity contribution in [2.24, 2.45) is 0 Å². The lowest BCUT2D eigenvalue weighted by Gasteiger charge is -2.16. The molecule has 0 radical (unpaired) electrons. The van der Waals surface area contributed by atoms with Crippen LogP contribution >= 0.6 is 0 Å². The second-order valence-electron chi connectivity index (χ2n) is 6.23. The molecule has 3 aromatic rings. The number of rotatable bonds is 6. The molecule has 148 valence electrons. The van der Waals surface area contributed by atoms with Gasteiger partial charge in [0.05, 0.1) is 16.2 Å². The van der Waals surface area contributed by atoms with E-state index in [2.05, 4.69) is 10.4 Å². The zero-order valence-corrected chi connectivity index (χ0v) is 15.7. The second-order valence-corrected chi connectivity index (χ2v) is 6.23. The molecule has 9 nitrogen and oxygen atoms in total. The first-order valence-corrected chi connectivity index (χ1v) is 8.79. The van der Waals surface area contributed by atoms with Gasteiger partial charge in [0, 0.05) is 24.2 Å². The normalized spacial score (nSPS) is 10.6. The first-order valence-electron chi connectivity index (χ1n) is 8.79. The van der Waals surface area contributed by atoms with E-state index < -0.39 is 16.3 Å². The fourth-order valence-corrected chi connectivity index (χ4v) is 2.91. The summed E-state index contributed by atoms with van der Waals surface area (Å²) in [6.45, 7) is 3.27. The molecular weight excluding hydrogens is 376 g/mol. The number of aryl methyl sites for hydroxylation is 1. The molecule has 0 bridgehead atoms. The summed E-state index contributed by atoms with van der Waals surface area (Å²) >= 11 is 0. The average Bonchev–Trinajstić information content (AvgIpc) is 2.70. The molecule has 0 fully saturated rings. The number of nitrogens with zero attached hydrogens (tertiary/aromatic N) is 3. The van der Waals surface area contributed by atoms with Crippen LogP contribution in [0, 0.1) is 10.1 Å². The Balaban J connectivity index is 2.28. The van der Waals surface area contributed by atoms with Crippen molar-refractivity contribution in [2.45, 2.75) is 20.4 Å². The van der Waals surface area contributed by atoms with E-state index >= 15 is 0 Å². The van der Waals surface area contributed by atoms with Gasteiger partial charge in [-0.25, -0.2) is 4.68 Å². The van der Waals surface area contributed by atoms with Gasteiger partial charge in [0.15, 0.2) is 5.78 Å². The van der Waals surface area contributed by atoms with Crippen LogP contribution in [-0.4, -0.2) is 25.6 Å². The SMILES string of the molecule is CCn1nc(-c2ccccc2)c(C(C)=O)c(Nc2cc([N+](=O)[O-])ccc2O)c1=O. The number of nitro benzene ring substituents is 1. The molecular formula is C20H18N4O5. The number of ketones is 1. The van der Waals surface area contributed by atoms with Gasteiger partial charge in [-0.2, -0.15) is 5.10 Å². The lowest BCUT2D eigenvalue weighted by Crippen LogP contribution is -2.28. The van der Waals surface area contributed by atoms with E-state index in [1.165, 1.54) is 11.6 Å². The van der Waals surface area contributed by atoms with Crippen LogP contribution in [0.1, 0.15) is 24.2 Å². The number of phenolic OH excluding ortho intramolecular Hbond substituents is 1. The number of nitrogens with one attached hydrogen (secondary N) is 1. The van der Waals surface area contributed by atoms with E-state index in [1.54, 1.807) is 31.2 Å². The summed E-state index contributed by atoms with van der Waals surface area (Å²) in [6, 6.07) is 12.3. The van der Waals surface area contributed by atoms with Gasteiger partial charge in [0.2, 0.25) is 0 Å². The Hall–Kier alpha value is -4.01. The second kappa shape index (κ2) is 7.93. The molecule has 2 N–H and O–H groups in total. The van der Waals surface area contributed by atoms with Gasteiger partial charge in [-0.15, -0.1) is 0 Å². The summed E-state index contributed by atoms with van der Waals surface area (Å²) < 4.78 is 1.19. The van der Waals surface area contributed by atoms with E-state index in [1.807, 2.05) is 6.07 Å². The van der Waals surface area contributed by atoms with Gasteiger partial charge in [-0.05, 0) is 19.9 Å². The van der Waals surface area contributed by atoms with E-state index in [0.717, 1.165) is 18.2 Å². The summed E-state index contributed by atoms with van der Waals surface area (Å²) in [5.41, 5.74) is -0.0585. The monoisotopic (exact) mass is 394 g/mol. The highest BCUT2D eigenvalue weighted by Crippen LogP contribution is 2.33. The zero-order chi connectivity index (χ0) is 21.1. The van der Waals surface area contributed by atoms with Crippen molar-refractivity contribution in [2.75, 3.05) is 5.32 Å². The van der Waals surface area contributed by atoms with E-state index in [0.29, 0.717) is 11.3 Å². The van der Waals surface area contributed by atoms with E-state index in [-0.39, 0.29) is 34.9 Å². The van der Waals surface area contributed by atoms with Gasteiger partial charge < -0.3 is 10.4 Å². The number of carbonyl (C=O) groups excluding carboxylic acids is 1. The highest BCUT2D eigenvalue weighted by atomic mass is 16.6. The summed E-state index contributed by atoms with van der Waals surface area (Å²) in [4.78, 5) is 35.8. The van der Waals surface area contributed by atoms with E-state index in [9.17, 15) is 24.8 Å². The van der Waals surface area contributed by atoms with E-state index in [4.69, 9.17) is 0 Å². The van der Waals surface area contributed by atoms with Crippen molar-refractivity contribution < 1.29 is 14.8 Å². The summed E-state index contributed by atoms with van der Waals surface area (Å²) in [5.74, 6) is -0.713. The van der Waals surface area contributed by atoms with Crippen molar-refractivity contribution >= 4 is 22.8 Å². The average molecular weight is 394 g/mol. The molecule has 1 heterocycles. The summed E-state index contributed by atoms with van der Waals surface area (Å²) in [6.07, 6.45) is 0. The fourth-order valence-electron chi connectivity index (χ4n) is 2.91. The van der Waals surface area contributed by atoms with Crippen LogP contribution in [0.2, 0.25) is 0 Å². The number of hydrogen-bond acceptors (Lipinski definition) is 7. The highest BCUT2D eigenvalue weighted by Gasteiger charge is 2.23. The molecule has 0 saturated carbocycles. The maximum Gasteiger partial charge on any atom is 0.291 e. The Morgan fingerprint density at radius 2 is 1.93 bits per heavy atom. The molecule has 1 aromatic heterocycles. The van der Waals surface area contributed by atoms with Gasteiger partial charge in [-0.1, -0.05) is 30.3 Å². The largest absolute Gasteiger partial charge is 0.506 e. The topological polar surface area (TPSA) is 127 Å². The van der Waals surface area contributed by atoms with Crippen LogP contribution in [0.25, 0.3) is 11.3 Å². The Bertz CT molecular complexity index is 1160. The number of aromatic nitrogens is 2. The van der Waals surface area contributed by atoms with Crippen LogP contribution in [0.15, 0.2) is 53.3 Å². The van der Waals surface area contributed by atoms with Crippen LogP contribution in [-0.2, 0) is 6.54 Å². The number of phenols is 1. The predicted octanol–water partition coefficient (Wildman–Crippen LogP) is 3.49. The van der Waals surface area contributed by atoms with Crippen LogP contribution in [0.5, 0.6) is 5.75 Å². The number of non-ortho nitro benzene ring substituents is 1. The van der Waals surface area contributed by atoms with Crippen molar-refractivity contribution in [1.29, 1.82) is 0 Å². The molecule has 0 aliphatic carbocycles. The maximum absolute atomic E-state index is 12.9. The minimum Gasteiger partial charge on any atom is -0.506 e. The van der Waals surface area contributed by atoms with Gasteiger partial charge in [0.25, 0.3) is 11.2 Å². The lowest BCUT2D eigenvalue weighted by atomic mass is 10.0. The van der Waals surface area contributed by atoms with Gasteiger partial charge in [-0.3, -0.25) is 19.7 Å². The summed E-state index contributed by atoms with van der Waals surface area (Å²) in [7, 11) is 0. The number of anilines is 2. The lowest BCUT2D eigenvalue weighted by molar-refractivity contribution is -0.384. The Labute approximate surface area is 165 Å².